The second kappa shape index (κ2) is 9.30. The third kappa shape index (κ3) is 4.53. The van der Waals surface area contributed by atoms with Gasteiger partial charge >= 0.3 is 0 Å². The predicted molar refractivity (Wildman–Crippen MR) is 147 cm³/mol. The van der Waals surface area contributed by atoms with Crippen LogP contribution >= 0.6 is 0 Å². The van der Waals surface area contributed by atoms with Gasteiger partial charge in [0.05, 0.1) is 11.6 Å². The fraction of sp³-hybridized carbons (Fsp3) is 0.290. The first-order chi connectivity index (χ1) is 16.9. The molecule has 1 fully saturated rings. The smallest absolute Gasteiger partial charge is 0.300 e. The predicted octanol–water partition coefficient (Wildman–Crippen LogP) is 6.29. The highest BCUT2D eigenvalue weighted by atomic mass is 16.3. The van der Waals surface area contributed by atoms with E-state index in [1.807, 2.05) is 99.6 Å². The maximum absolute atomic E-state index is 13.5. The van der Waals surface area contributed by atoms with E-state index in [9.17, 15) is 14.7 Å². The molecule has 5 heteroatoms. The molecule has 1 atom stereocenters. The van der Waals surface area contributed by atoms with Crippen molar-refractivity contribution in [2.75, 3.05) is 23.9 Å². The number of aryl methyl sites for hydroxylation is 2. The van der Waals surface area contributed by atoms with Gasteiger partial charge in [0.1, 0.15) is 5.76 Å². The lowest BCUT2D eigenvalue weighted by Gasteiger charge is -2.26. The summed E-state index contributed by atoms with van der Waals surface area (Å²) in [5.41, 5.74) is 5.83. The van der Waals surface area contributed by atoms with Gasteiger partial charge in [-0.05, 0) is 66.3 Å². The number of anilines is 2. The van der Waals surface area contributed by atoms with Gasteiger partial charge in [-0.25, -0.2) is 0 Å². The molecule has 1 N–H and O–H groups in total. The molecule has 0 spiro atoms. The molecular weight excluding hydrogens is 448 g/mol. The van der Waals surface area contributed by atoms with Crippen LogP contribution in [0.2, 0.25) is 0 Å². The number of Topliss-reactive ketones (excluding diaryl/α,β-unsaturated/α-hetero) is 1. The fourth-order valence-corrected chi connectivity index (χ4v) is 4.56. The number of rotatable bonds is 4. The molecule has 5 nitrogen and oxygen atoms in total. The van der Waals surface area contributed by atoms with Gasteiger partial charge in [-0.15, -0.1) is 0 Å². The van der Waals surface area contributed by atoms with E-state index in [-0.39, 0.29) is 16.7 Å². The normalized spacial score (nSPS) is 17.5. The van der Waals surface area contributed by atoms with E-state index < -0.39 is 17.7 Å². The largest absolute Gasteiger partial charge is 0.507 e. The van der Waals surface area contributed by atoms with Crippen molar-refractivity contribution in [2.24, 2.45) is 0 Å². The second-order valence-corrected chi connectivity index (χ2v) is 10.8. The monoisotopic (exact) mass is 482 g/mol. The standard InChI is InChI=1S/C31H34N2O3/c1-19-8-14-24(15-9-19)33-27(21-11-16-23(17-12-21)32(6)7)26(29(35)30(33)36)28(34)25-18-22(31(3,4)5)13-10-20(25)2/h8-18,27,34H,1-7H3/b28-26+. The maximum Gasteiger partial charge on any atom is 0.300 e. The first-order valence-electron chi connectivity index (χ1n) is 12.2. The lowest BCUT2D eigenvalue weighted by Crippen LogP contribution is -2.29. The topological polar surface area (TPSA) is 60.9 Å². The van der Waals surface area contributed by atoms with Crippen LogP contribution in [0.15, 0.2) is 72.3 Å². The SMILES string of the molecule is Cc1ccc(N2C(=O)C(=O)/C(=C(/O)c3cc(C(C)(C)C)ccc3C)C2c2ccc(N(C)C)cc2)cc1. The molecule has 36 heavy (non-hydrogen) atoms. The number of nitrogens with zero attached hydrogens (tertiary/aromatic N) is 2. The molecular formula is C31H34N2O3. The Hall–Kier alpha value is -3.86. The number of benzene rings is 3. The summed E-state index contributed by atoms with van der Waals surface area (Å²) in [7, 11) is 3.91. The average Bonchev–Trinajstić information content (AvgIpc) is 3.09. The number of hydrogen-bond donors (Lipinski definition) is 1. The number of hydrogen-bond acceptors (Lipinski definition) is 4. The summed E-state index contributed by atoms with van der Waals surface area (Å²) in [6.45, 7) is 10.2. The van der Waals surface area contributed by atoms with Crippen molar-refractivity contribution < 1.29 is 14.7 Å². The van der Waals surface area contributed by atoms with Crippen LogP contribution in [0.5, 0.6) is 0 Å². The Morgan fingerprint density at radius 2 is 1.50 bits per heavy atom. The molecule has 3 aromatic rings. The van der Waals surface area contributed by atoms with Crippen molar-refractivity contribution in [3.63, 3.8) is 0 Å². The van der Waals surface area contributed by atoms with Crippen LogP contribution in [0.4, 0.5) is 11.4 Å². The van der Waals surface area contributed by atoms with E-state index in [0.717, 1.165) is 27.9 Å². The first kappa shape index (κ1) is 25.2. The number of ketones is 1. The van der Waals surface area contributed by atoms with Crippen molar-refractivity contribution in [3.05, 3.63) is 100 Å². The zero-order valence-electron chi connectivity index (χ0n) is 22.1. The van der Waals surface area contributed by atoms with Crippen molar-refractivity contribution in [3.8, 4) is 0 Å². The summed E-state index contributed by atoms with van der Waals surface area (Å²) in [5, 5.41) is 11.6. The van der Waals surface area contributed by atoms with Gasteiger partial charge < -0.3 is 10.0 Å². The van der Waals surface area contributed by atoms with Gasteiger partial charge in [0, 0.05) is 31.0 Å². The molecule has 3 aromatic carbocycles. The Morgan fingerprint density at radius 1 is 0.889 bits per heavy atom. The Bertz CT molecular complexity index is 1340. The van der Waals surface area contributed by atoms with Crippen molar-refractivity contribution in [2.45, 2.75) is 46.1 Å². The summed E-state index contributed by atoms with van der Waals surface area (Å²) < 4.78 is 0. The Balaban J connectivity index is 1.96. The molecule has 0 saturated carbocycles. The van der Waals surface area contributed by atoms with E-state index in [4.69, 9.17) is 0 Å². The summed E-state index contributed by atoms with van der Waals surface area (Å²) >= 11 is 0. The fourth-order valence-electron chi connectivity index (χ4n) is 4.56. The van der Waals surface area contributed by atoms with Crippen LogP contribution in [0.3, 0.4) is 0 Å². The molecule has 1 aliphatic heterocycles. The van der Waals surface area contributed by atoms with Gasteiger partial charge in [-0.3, -0.25) is 14.5 Å². The molecule has 1 heterocycles. The molecule has 186 valence electrons. The van der Waals surface area contributed by atoms with Gasteiger partial charge in [0.15, 0.2) is 0 Å². The summed E-state index contributed by atoms with van der Waals surface area (Å²) in [6.07, 6.45) is 0. The molecule has 4 rings (SSSR count). The lowest BCUT2D eigenvalue weighted by molar-refractivity contribution is -0.132. The Labute approximate surface area is 213 Å². The van der Waals surface area contributed by atoms with Crippen LogP contribution in [0, 0.1) is 13.8 Å². The first-order valence-corrected chi connectivity index (χ1v) is 12.2. The third-order valence-electron chi connectivity index (χ3n) is 6.84. The molecule has 0 aromatic heterocycles. The summed E-state index contributed by atoms with van der Waals surface area (Å²) in [4.78, 5) is 30.4. The molecule has 1 unspecified atom stereocenters. The molecule has 0 bridgehead atoms. The molecule has 1 saturated heterocycles. The highest BCUT2D eigenvalue weighted by molar-refractivity contribution is 6.51. The van der Waals surface area contributed by atoms with Gasteiger partial charge in [0.25, 0.3) is 11.7 Å². The number of aliphatic hydroxyl groups excluding tert-OH is 1. The molecule has 1 aliphatic rings. The minimum atomic E-state index is -0.749. The Morgan fingerprint density at radius 3 is 2.06 bits per heavy atom. The quantitative estimate of drug-likeness (QED) is 0.270. The van der Waals surface area contributed by atoms with Crippen LogP contribution < -0.4 is 9.80 Å². The Kier molecular flexibility index (Phi) is 6.52. The zero-order valence-corrected chi connectivity index (χ0v) is 22.1. The second-order valence-electron chi connectivity index (χ2n) is 10.8. The minimum Gasteiger partial charge on any atom is -0.507 e. The number of carbonyl (C=O) groups is 2. The van der Waals surface area contributed by atoms with Crippen molar-refractivity contribution in [1.82, 2.24) is 0 Å². The van der Waals surface area contributed by atoms with E-state index in [1.165, 1.54) is 4.90 Å². The lowest BCUT2D eigenvalue weighted by atomic mass is 9.84. The van der Waals surface area contributed by atoms with E-state index in [2.05, 4.69) is 20.8 Å². The number of amides is 1. The number of aliphatic hydroxyl groups is 1. The molecule has 0 aliphatic carbocycles. The van der Waals surface area contributed by atoms with Crippen molar-refractivity contribution >= 4 is 28.8 Å². The van der Waals surface area contributed by atoms with E-state index in [1.54, 1.807) is 0 Å². The van der Waals surface area contributed by atoms with E-state index >= 15 is 0 Å². The van der Waals surface area contributed by atoms with Crippen LogP contribution in [-0.4, -0.2) is 30.9 Å². The summed E-state index contributed by atoms with van der Waals surface area (Å²) in [5.74, 6) is -1.48. The minimum absolute atomic E-state index is 0.104. The highest BCUT2D eigenvalue weighted by Gasteiger charge is 2.47. The van der Waals surface area contributed by atoms with Crippen LogP contribution in [0.25, 0.3) is 5.76 Å². The third-order valence-corrected chi connectivity index (χ3v) is 6.84. The van der Waals surface area contributed by atoms with Gasteiger partial charge in [0.2, 0.25) is 0 Å². The van der Waals surface area contributed by atoms with Gasteiger partial charge in [-0.2, -0.15) is 0 Å². The van der Waals surface area contributed by atoms with Gasteiger partial charge in [-0.1, -0.05) is 62.7 Å². The van der Waals surface area contributed by atoms with E-state index in [0.29, 0.717) is 11.3 Å². The highest BCUT2D eigenvalue weighted by Crippen LogP contribution is 2.43. The van der Waals surface area contributed by atoms with Crippen molar-refractivity contribution in [1.29, 1.82) is 0 Å². The molecule has 0 radical (unpaired) electrons. The zero-order chi connectivity index (χ0) is 26.4. The van der Waals surface area contributed by atoms with Crippen LogP contribution in [0.1, 0.15) is 54.6 Å². The van der Waals surface area contributed by atoms with Crippen LogP contribution in [-0.2, 0) is 15.0 Å². The number of carbonyl (C=O) groups excluding carboxylic acids is 2. The summed E-state index contributed by atoms with van der Waals surface area (Å²) in [6, 6.07) is 20.4. The molecule has 1 amide bonds. The maximum atomic E-state index is 13.5. The average molecular weight is 483 g/mol.